The van der Waals surface area contributed by atoms with Gasteiger partial charge in [-0.3, -0.25) is 9.59 Å². The summed E-state index contributed by atoms with van der Waals surface area (Å²) in [6, 6.07) is 5.00. The maximum Gasteiger partial charge on any atom is 0.306 e. The summed E-state index contributed by atoms with van der Waals surface area (Å²) >= 11 is 0. The van der Waals surface area contributed by atoms with Crippen LogP contribution in [0.4, 0.5) is 5.69 Å². The van der Waals surface area contributed by atoms with Crippen LogP contribution in [0.3, 0.4) is 0 Å². The zero-order valence-corrected chi connectivity index (χ0v) is 13.5. The van der Waals surface area contributed by atoms with Crippen molar-refractivity contribution in [3.8, 4) is 11.5 Å². The molecule has 0 heterocycles. The van der Waals surface area contributed by atoms with Gasteiger partial charge < -0.3 is 19.5 Å². The fourth-order valence-electron chi connectivity index (χ4n) is 1.74. The van der Waals surface area contributed by atoms with Crippen LogP contribution in [-0.4, -0.2) is 32.7 Å². The first-order valence-electron chi connectivity index (χ1n) is 7.13. The molecule has 0 aliphatic carbocycles. The topological polar surface area (TPSA) is 73.9 Å². The van der Waals surface area contributed by atoms with Gasteiger partial charge in [0.05, 0.1) is 14.2 Å². The molecule has 0 spiro atoms. The summed E-state index contributed by atoms with van der Waals surface area (Å²) in [5, 5.41) is 2.64. The Morgan fingerprint density at radius 2 is 1.82 bits per heavy atom. The molecule has 22 heavy (non-hydrogen) atoms. The van der Waals surface area contributed by atoms with Crippen LogP contribution in [0.2, 0.25) is 0 Å². The summed E-state index contributed by atoms with van der Waals surface area (Å²) in [6.45, 7) is 3.75. The molecule has 0 bridgehead atoms. The van der Waals surface area contributed by atoms with Crippen molar-refractivity contribution in [3.05, 3.63) is 18.2 Å². The third-order valence-corrected chi connectivity index (χ3v) is 2.96. The Hall–Kier alpha value is -2.24. The minimum absolute atomic E-state index is 0.300. The molecule has 1 rings (SSSR count). The van der Waals surface area contributed by atoms with E-state index in [2.05, 4.69) is 5.32 Å². The first-order valence-corrected chi connectivity index (χ1v) is 7.13. The van der Waals surface area contributed by atoms with Gasteiger partial charge in [0.15, 0.2) is 18.1 Å². The number of ether oxygens (including phenoxy) is 3. The van der Waals surface area contributed by atoms with E-state index >= 15 is 0 Å². The van der Waals surface area contributed by atoms with Gasteiger partial charge in [-0.05, 0) is 24.5 Å². The van der Waals surface area contributed by atoms with Crippen LogP contribution in [-0.2, 0) is 14.3 Å². The molecule has 0 aliphatic heterocycles. The second kappa shape index (κ2) is 8.92. The summed E-state index contributed by atoms with van der Waals surface area (Å²) in [5.74, 6) is 0.740. The molecule has 122 valence electrons. The monoisotopic (exact) mass is 309 g/mol. The van der Waals surface area contributed by atoms with Crippen LogP contribution >= 0.6 is 0 Å². The van der Waals surface area contributed by atoms with E-state index in [4.69, 9.17) is 14.2 Å². The molecular weight excluding hydrogens is 286 g/mol. The molecule has 0 saturated carbocycles. The lowest BCUT2D eigenvalue weighted by atomic mass is 10.1. The van der Waals surface area contributed by atoms with Gasteiger partial charge in [-0.25, -0.2) is 0 Å². The summed E-state index contributed by atoms with van der Waals surface area (Å²) in [4.78, 5) is 23.2. The molecule has 1 aromatic carbocycles. The fourth-order valence-corrected chi connectivity index (χ4v) is 1.74. The lowest BCUT2D eigenvalue weighted by Crippen LogP contribution is -2.21. The molecule has 6 heteroatoms. The largest absolute Gasteiger partial charge is 0.493 e. The second-order valence-electron chi connectivity index (χ2n) is 5.21. The van der Waals surface area contributed by atoms with Crippen LogP contribution in [0, 0.1) is 5.92 Å². The van der Waals surface area contributed by atoms with Crippen LogP contribution in [0.15, 0.2) is 18.2 Å². The zero-order chi connectivity index (χ0) is 16.5. The highest BCUT2D eigenvalue weighted by Crippen LogP contribution is 2.29. The molecule has 0 aromatic heterocycles. The van der Waals surface area contributed by atoms with Crippen LogP contribution < -0.4 is 14.8 Å². The van der Waals surface area contributed by atoms with E-state index in [1.54, 1.807) is 18.2 Å². The van der Waals surface area contributed by atoms with Crippen molar-refractivity contribution in [2.75, 3.05) is 26.1 Å². The Labute approximate surface area is 130 Å². The van der Waals surface area contributed by atoms with Gasteiger partial charge in [-0.2, -0.15) is 0 Å². The number of nitrogens with one attached hydrogen (secondary N) is 1. The summed E-state index contributed by atoms with van der Waals surface area (Å²) in [6.07, 6.45) is 1.07. The summed E-state index contributed by atoms with van der Waals surface area (Å²) < 4.78 is 15.2. The van der Waals surface area contributed by atoms with Crippen LogP contribution in [0.5, 0.6) is 11.5 Å². The maximum absolute atomic E-state index is 11.7. The normalized spacial score (nSPS) is 10.2. The fraction of sp³-hybridized carbons (Fsp3) is 0.500. The van der Waals surface area contributed by atoms with Crippen molar-refractivity contribution in [3.63, 3.8) is 0 Å². The average Bonchev–Trinajstić information content (AvgIpc) is 2.50. The minimum Gasteiger partial charge on any atom is -0.493 e. The molecule has 1 aromatic rings. The second-order valence-corrected chi connectivity index (χ2v) is 5.21. The number of anilines is 1. The Morgan fingerprint density at radius 3 is 2.41 bits per heavy atom. The number of hydrogen-bond acceptors (Lipinski definition) is 5. The number of carbonyl (C=O) groups excluding carboxylic acids is 2. The molecule has 0 unspecified atom stereocenters. The molecule has 0 atom stereocenters. The number of benzene rings is 1. The van der Waals surface area contributed by atoms with E-state index in [1.165, 1.54) is 14.2 Å². The molecule has 0 radical (unpaired) electrons. The third-order valence-electron chi connectivity index (χ3n) is 2.96. The highest BCUT2D eigenvalue weighted by molar-refractivity contribution is 5.93. The first kappa shape index (κ1) is 17.8. The lowest BCUT2D eigenvalue weighted by molar-refractivity contribution is -0.147. The number of esters is 1. The van der Waals surface area contributed by atoms with Crippen LogP contribution in [0.1, 0.15) is 26.7 Å². The van der Waals surface area contributed by atoms with Gasteiger partial charge in [0, 0.05) is 18.2 Å². The number of carbonyl (C=O) groups is 2. The molecule has 0 saturated heterocycles. The van der Waals surface area contributed by atoms with E-state index in [9.17, 15) is 9.59 Å². The quantitative estimate of drug-likeness (QED) is 0.747. The maximum atomic E-state index is 11.7. The van der Waals surface area contributed by atoms with Crippen molar-refractivity contribution < 1.29 is 23.8 Å². The Bertz CT molecular complexity index is 513. The van der Waals surface area contributed by atoms with Gasteiger partial charge in [-0.1, -0.05) is 13.8 Å². The Morgan fingerprint density at radius 1 is 1.14 bits per heavy atom. The minimum atomic E-state index is -0.398. The first-order chi connectivity index (χ1) is 10.5. The average molecular weight is 309 g/mol. The molecule has 6 nitrogen and oxygen atoms in total. The Balaban J connectivity index is 2.46. The molecule has 0 aliphatic rings. The zero-order valence-electron chi connectivity index (χ0n) is 13.5. The highest BCUT2D eigenvalue weighted by atomic mass is 16.5. The number of hydrogen-bond donors (Lipinski definition) is 1. The van der Waals surface area contributed by atoms with E-state index in [1.807, 2.05) is 13.8 Å². The van der Waals surface area contributed by atoms with Gasteiger partial charge in [-0.15, -0.1) is 0 Å². The van der Waals surface area contributed by atoms with Crippen molar-refractivity contribution in [1.29, 1.82) is 0 Å². The van der Waals surface area contributed by atoms with Gasteiger partial charge in [0.25, 0.3) is 5.91 Å². The Kier molecular flexibility index (Phi) is 7.22. The molecule has 1 N–H and O–H groups in total. The summed E-state index contributed by atoms with van der Waals surface area (Å²) in [5.41, 5.74) is 0.542. The number of amides is 1. The van der Waals surface area contributed by atoms with Crippen molar-refractivity contribution in [2.24, 2.45) is 5.92 Å². The van der Waals surface area contributed by atoms with Crippen molar-refractivity contribution in [2.45, 2.75) is 26.7 Å². The smallest absolute Gasteiger partial charge is 0.306 e. The SMILES string of the molecule is COc1ccc(NC(=O)COC(=O)CCC(C)C)cc1OC. The van der Waals surface area contributed by atoms with Gasteiger partial charge >= 0.3 is 5.97 Å². The number of methoxy groups -OCH3 is 2. The number of rotatable bonds is 8. The third kappa shape index (κ3) is 6.03. The van der Waals surface area contributed by atoms with Crippen molar-refractivity contribution >= 4 is 17.6 Å². The summed E-state index contributed by atoms with van der Waals surface area (Å²) in [7, 11) is 3.05. The van der Waals surface area contributed by atoms with E-state index in [-0.39, 0.29) is 12.6 Å². The lowest BCUT2D eigenvalue weighted by Gasteiger charge is -2.11. The van der Waals surface area contributed by atoms with Gasteiger partial charge in [0.2, 0.25) is 0 Å². The van der Waals surface area contributed by atoms with Crippen molar-refractivity contribution in [1.82, 2.24) is 0 Å². The van der Waals surface area contributed by atoms with Crippen LogP contribution in [0.25, 0.3) is 0 Å². The van der Waals surface area contributed by atoms with E-state index in [0.717, 1.165) is 6.42 Å². The molecule has 1 amide bonds. The molecule has 0 fully saturated rings. The highest BCUT2D eigenvalue weighted by Gasteiger charge is 2.10. The predicted octanol–water partition coefficient (Wildman–Crippen LogP) is 2.62. The van der Waals surface area contributed by atoms with Gasteiger partial charge in [0.1, 0.15) is 0 Å². The predicted molar refractivity (Wildman–Crippen MR) is 83.2 cm³/mol. The molecular formula is C16H23NO5. The standard InChI is InChI=1S/C16H23NO5/c1-11(2)5-8-16(19)22-10-15(18)17-12-6-7-13(20-3)14(9-12)21-4/h6-7,9,11H,5,8,10H2,1-4H3,(H,17,18). The van der Waals surface area contributed by atoms with E-state index < -0.39 is 5.91 Å². The van der Waals surface area contributed by atoms with E-state index in [0.29, 0.717) is 29.5 Å².